The van der Waals surface area contributed by atoms with Gasteiger partial charge >= 0.3 is 5.97 Å². The zero-order valence-electron chi connectivity index (χ0n) is 12.4. The van der Waals surface area contributed by atoms with Gasteiger partial charge in [0.1, 0.15) is 5.57 Å². The van der Waals surface area contributed by atoms with Crippen molar-refractivity contribution in [3.63, 3.8) is 0 Å². The highest BCUT2D eigenvalue weighted by molar-refractivity contribution is 8.03. The Morgan fingerprint density at radius 3 is 2.80 bits per heavy atom. The predicted molar refractivity (Wildman–Crippen MR) is 80.9 cm³/mol. The van der Waals surface area contributed by atoms with Crippen molar-refractivity contribution in [3.8, 4) is 0 Å². The molecule has 0 aromatic rings. The number of methoxy groups -OCH3 is 2. The third-order valence-corrected chi connectivity index (χ3v) is 5.11. The summed E-state index contributed by atoms with van der Waals surface area (Å²) in [5, 5.41) is 0. The van der Waals surface area contributed by atoms with E-state index in [2.05, 4.69) is 18.0 Å². The lowest BCUT2D eigenvalue weighted by atomic mass is 9.85. The van der Waals surface area contributed by atoms with Gasteiger partial charge in [-0.15, -0.1) is 11.8 Å². The topological polar surface area (TPSA) is 38.8 Å². The van der Waals surface area contributed by atoms with Gasteiger partial charge in [0.05, 0.1) is 26.4 Å². The molecule has 0 spiro atoms. The van der Waals surface area contributed by atoms with Crippen molar-refractivity contribution >= 4 is 17.7 Å². The van der Waals surface area contributed by atoms with Gasteiger partial charge in [-0.25, -0.2) is 4.79 Å². The van der Waals surface area contributed by atoms with Crippen LogP contribution in [0.4, 0.5) is 0 Å². The average Bonchev–Trinajstić information content (AvgIpc) is 2.93. The van der Waals surface area contributed by atoms with E-state index in [1.807, 2.05) is 0 Å². The molecule has 112 valence electrons. The van der Waals surface area contributed by atoms with E-state index in [0.717, 1.165) is 10.8 Å². The number of nitrogens with zero attached hydrogens (tertiary/aromatic N) is 1. The third kappa shape index (κ3) is 3.32. The van der Waals surface area contributed by atoms with E-state index in [0.29, 0.717) is 17.5 Å². The quantitative estimate of drug-likeness (QED) is 0.453. The summed E-state index contributed by atoms with van der Waals surface area (Å²) in [6.07, 6.45) is 8.75. The number of ether oxygens (including phenoxy) is 2. The maximum Gasteiger partial charge on any atom is 0.342 e. The molecule has 1 heterocycles. The van der Waals surface area contributed by atoms with Gasteiger partial charge in [-0.3, -0.25) is 0 Å². The summed E-state index contributed by atoms with van der Waals surface area (Å²) in [6.45, 7) is 2.33. The summed E-state index contributed by atoms with van der Waals surface area (Å²) in [5.74, 6) is 1.28. The Kier molecular flexibility index (Phi) is 5.40. The summed E-state index contributed by atoms with van der Waals surface area (Å²) in [6, 6.07) is 0.593. The molecule has 1 fully saturated rings. The van der Waals surface area contributed by atoms with Crippen LogP contribution >= 0.6 is 11.8 Å². The first kappa shape index (κ1) is 15.3. The first-order valence-electron chi connectivity index (χ1n) is 7.09. The Bertz CT molecular complexity index is 419. The van der Waals surface area contributed by atoms with Crippen molar-refractivity contribution in [1.82, 2.24) is 4.90 Å². The molecule has 0 saturated heterocycles. The highest BCUT2D eigenvalue weighted by Crippen LogP contribution is 2.37. The van der Waals surface area contributed by atoms with Crippen LogP contribution in [-0.4, -0.2) is 37.0 Å². The van der Waals surface area contributed by atoms with Crippen molar-refractivity contribution in [2.75, 3.05) is 20.1 Å². The maximum absolute atomic E-state index is 11.8. The van der Waals surface area contributed by atoms with E-state index in [1.54, 1.807) is 18.9 Å². The lowest BCUT2D eigenvalue weighted by Gasteiger charge is -2.35. The van der Waals surface area contributed by atoms with E-state index in [9.17, 15) is 4.79 Å². The second-order valence-electron chi connectivity index (χ2n) is 5.37. The fourth-order valence-electron chi connectivity index (χ4n) is 2.93. The summed E-state index contributed by atoms with van der Waals surface area (Å²) in [7, 11) is 2.94. The van der Waals surface area contributed by atoms with Crippen molar-refractivity contribution < 1.29 is 14.3 Å². The Morgan fingerprint density at radius 1 is 1.40 bits per heavy atom. The summed E-state index contributed by atoms with van der Waals surface area (Å²) < 4.78 is 9.82. The van der Waals surface area contributed by atoms with E-state index in [4.69, 9.17) is 9.47 Å². The fourth-order valence-corrected chi connectivity index (χ4v) is 3.98. The molecule has 5 heteroatoms. The van der Waals surface area contributed by atoms with Gasteiger partial charge in [0.15, 0.2) is 0 Å². The number of carbonyl (C=O) groups excluding carboxylic acids is 1. The molecule has 2 aliphatic rings. The standard InChI is InChI=1S/C15H23NO3S/c1-11-6-4-5-7-13(11)16-8-14(20-10-16)12(9-18-2)15(17)19-3/h8-9,11,13H,4-7,10H2,1-3H3. The van der Waals surface area contributed by atoms with Gasteiger partial charge in [-0.1, -0.05) is 19.8 Å². The van der Waals surface area contributed by atoms with Gasteiger partial charge in [-0.05, 0) is 18.8 Å². The highest BCUT2D eigenvalue weighted by Gasteiger charge is 2.30. The SMILES string of the molecule is COC=C(C(=O)OC)C1=CN(C2CCCCC2C)CS1. The Hall–Kier alpha value is -1.10. The number of thioether (sulfide) groups is 1. The minimum atomic E-state index is -0.343. The Labute approximate surface area is 125 Å². The van der Waals surface area contributed by atoms with Crippen molar-refractivity contribution in [2.45, 2.75) is 38.6 Å². The zero-order valence-corrected chi connectivity index (χ0v) is 13.2. The monoisotopic (exact) mass is 297 g/mol. The second kappa shape index (κ2) is 7.07. The normalized spacial score (nSPS) is 27.2. The van der Waals surface area contributed by atoms with E-state index >= 15 is 0 Å². The number of hydrogen-bond donors (Lipinski definition) is 0. The third-order valence-electron chi connectivity index (χ3n) is 4.05. The fraction of sp³-hybridized carbons (Fsp3) is 0.667. The molecule has 2 atom stereocenters. The summed E-state index contributed by atoms with van der Waals surface area (Å²) in [4.78, 5) is 15.1. The second-order valence-corrected chi connectivity index (χ2v) is 6.36. The average molecular weight is 297 g/mol. The lowest BCUT2D eigenvalue weighted by molar-refractivity contribution is -0.135. The van der Waals surface area contributed by atoms with Crippen LogP contribution < -0.4 is 0 Å². The van der Waals surface area contributed by atoms with E-state index in [1.165, 1.54) is 39.1 Å². The smallest absolute Gasteiger partial charge is 0.342 e. The molecule has 0 radical (unpaired) electrons. The molecule has 0 aromatic carbocycles. The highest BCUT2D eigenvalue weighted by atomic mass is 32.2. The molecule has 4 nitrogen and oxygen atoms in total. The molecule has 0 bridgehead atoms. The van der Waals surface area contributed by atoms with Gasteiger partial charge < -0.3 is 14.4 Å². The molecule has 0 amide bonds. The van der Waals surface area contributed by atoms with Crippen LogP contribution in [0.2, 0.25) is 0 Å². The molecular formula is C15H23NO3S. The first-order valence-corrected chi connectivity index (χ1v) is 8.08. The van der Waals surface area contributed by atoms with Gasteiger partial charge in [0.2, 0.25) is 0 Å². The molecule has 1 aliphatic carbocycles. The predicted octanol–water partition coefficient (Wildman–Crippen LogP) is 3.12. The summed E-state index contributed by atoms with van der Waals surface area (Å²) >= 11 is 1.68. The lowest BCUT2D eigenvalue weighted by Crippen LogP contribution is -2.36. The number of esters is 1. The first-order chi connectivity index (χ1) is 9.67. The molecular weight excluding hydrogens is 274 g/mol. The number of carbonyl (C=O) groups is 1. The Morgan fingerprint density at radius 2 is 2.15 bits per heavy atom. The molecule has 1 aliphatic heterocycles. The van der Waals surface area contributed by atoms with E-state index < -0.39 is 0 Å². The minimum Gasteiger partial charge on any atom is -0.503 e. The van der Waals surface area contributed by atoms with Crippen molar-refractivity contribution in [3.05, 3.63) is 22.9 Å². The maximum atomic E-state index is 11.8. The van der Waals surface area contributed by atoms with Gasteiger partial charge in [0.25, 0.3) is 0 Å². The number of hydrogen-bond acceptors (Lipinski definition) is 5. The van der Waals surface area contributed by atoms with Crippen LogP contribution in [0.25, 0.3) is 0 Å². The van der Waals surface area contributed by atoms with Crippen LogP contribution in [0.15, 0.2) is 22.9 Å². The van der Waals surface area contributed by atoms with Crippen LogP contribution in [0.3, 0.4) is 0 Å². The number of rotatable bonds is 4. The van der Waals surface area contributed by atoms with Crippen LogP contribution in [-0.2, 0) is 14.3 Å². The molecule has 2 unspecified atom stereocenters. The largest absolute Gasteiger partial charge is 0.503 e. The van der Waals surface area contributed by atoms with Crippen LogP contribution in [0.1, 0.15) is 32.6 Å². The van der Waals surface area contributed by atoms with Crippen molar-refractivity contribution in [2.24, 2.45) is 5.92 Å². The molecule has 0 N–H and O–H groups in total. The van der Waals surface area contributed by atoms with Crippen molar-refractivity contribution in [1.29, 1.82) is 0 Å². The minimum absolute atomic E-state index is 0.343. The van der Waals surface area contributed by atoms with Crippen LogP contribution in [0.5, 0.6) is 0 Å². The molecule has 1 saturated carbocycles. The molecule has 0 aromatic heterocycles. The van der Waals surface area contributed by atoms with Crippen LogP contribution in [0, 0.1) is 5.92 Å². The molecule has 20 heavy (non-hydrogen) atoms. The van der Waals surface area contributed by atoms with Gasteiger partial charge in [0, 0.05) is 17.1 Å². The van der Waals surface area contributed by atoms with Gasteiger partial charge in [-0.2, -0.15) is 0 Å². The Balaban J connectivity index is 2.12. The zero-order chi connectivity index (χ0) is 14.5. The molecule has 2 rings (SSSR count). The van der Waals surface area contributed by atoms with E-state index in [-0.39, 0.29) is 5.97 Å². The summed E-state index contributed by atoms with van der Waals surface area (Å²) in [5.41, 5.74) is 0.506.